The standard InChI is InChI=1S/C32H52O2/c1-21(33)34-26-13-14-30(7)24(28(26,4)5)12-15-32(9)25(30)11-10-22-23-20-27(2,3)16-17-29(23,6)18-19-31(22,32)8/h10,23-26H,11-20H2,1-9H3/t23-,24-,25-,26-,29-,30-,31+,32-/m1/s1. The van der Waals surface area contributed by atoms with Gasteiger partial charge >= 0.3 is 5.97 Å². The lowest BCUT2D eigenvalue weighted by atomic mass is 9.33. The van der Waals surface area contributed by atoms with Crippen molar-refractivity contribution in [2.45, 2.75) is 133 Å². The summed E-state index contributed by atoms with van der Waals surface area (Å²) in [7, 11) is 0. The van der Waals surface area contributed by atoms with Gasteiger partial charge in [0.05, 0.1) is 0 Å². The van der Waals surface area contributed by atoms with Crippen molar-refractivity contribution in [3.05, 3.63) is 11.6 Å². The van der Waals surface area contributed by atoms with Gasteiger partial charge in [0.25, 0.3) is 0 Å². The first kappa shape index (κ1) is 24.9. The van der Waals surface area contributed by atoms with Crippen molar-refractivity contribution in [1.29, 1.82) is 0 Å². The van der Waals surface area contributed by atoms with E-state index in [0.29, 0.717) is 33.0 Å². The molecule has 0 aromatic heterocycles. The molecule has 0 N–H and O–H groups in total. The summed E-state index contributed by atoms with van der Waals surface area (Å²) in [6.07, 6.45) is 15.9. The summed E-state index contributed by atoms with van der Waals surface area (Å²) >= 11 is 0. The van der Waals surface area contributed by atoms with Gasteiger partial charge in [0.15, 0.2) is 0 Å². The highest BCUT2D eigenvalue weighted by Crippen LogP contribution is 2.75. The summed E-state index contributed by atoms with van der Waals surface area (Å²) in [5.41, 5.74) is 3.92. The zero-order valence-electron chi connectivity index (χ0n) is 23.8. The second-order valence-electron chi connectivity index (χ2n) is 15.8. The number of esters is 1. The van der Waals surface area contributed by atoms with Crippen molar-refractivity contribution in [1.82, 2.24) is 0 Å². The van der Waals surface area contributed by atoms with Crippen LogP contribution in [0.15, 0.2) is 11.6 Å². The summed E-state index contributed by atoms with van der Waals surface area (Å²) in [4.78, 5) is 11.9. The molecule has 0 spiro atoms. The molecule has 8 atom stereocenters. The Morgan fingerprint density at radius 1 is 0.853 bits per heavy atom. The average molecular weight is 469 g/mol. The molecule has 4 fully saturated rings. The van der Waals surface area contributed by atoms with Crippen molar-refractivity contribution >= 4 is 5.97 Å². The molecule has 0 amide bonds. The summed E-state index contributed by atoms with van der Waals surface area (Å²) in [5, 5.41) is 0. The van der Waals surface area contributed by atoms with Gasteiger partial charge in [-0.25, -0.2) is 0 Å². The van der Waals surface area contributed by atoms with Crippen molar-refractivity contribution in [2.75, 3.05) is 0 Å². The van der Waals surface area contributed by atoms with Crippen LogP contribution in [-0.2, 0) is 9.53 Å². The third-order valence-corrected chi connectivity index (χ3v) is 13.3. The van der Waals surface area contributed by atoms with E-state index in [-0.39, 0.29) is 17.5 Å². The summed E-state index contributed by atoms with van der Waals surface area (Å²) < 4.78 is 5.91. The van der Waals surface area contributed by atoms with Gasteiger partial charge < -0.3 is 4.74 Å². The van der Waals surface area contributed by atoms with Gasteiger partial charge in [-0.3, -0.25) is 4.79 Å². The molecule has 5 aliphatic rings. The predicted molar refractivity (Wildman–Crippen MR) is 140 cm³/mol. The van der Waals surface area contributed by atoms with Gasteiger partial charge in [-0.2, -0.15) is 0 Å². The third kappa shape index (κ3) is 3.21. The van der Waals surface area contributed by atoms with E-state index in [9.17, 15) is 4.79 Å². The van der Waals surface area contributed by atoms with Gasteiger partial charge in [-0.15, -0.1) is 0 Å². The van der Waals surface area contributed by atoms with E-state index in [2.05, 4.69) is 61.5 Å². The number of fused-ring (bicyclic) bond motifs is 7. The van der Waals surface area contributed by atoms with Crippen LogP contribution in [0.25, 0.3) is 0 Å². The maximum Gasteiger partial charge on any atom is 0.302 e. The van der Waals surface area contributed by atoms with Crippen molar-refractivity contribution in [3.63, 3.8) is 0 Å². The van der Waals surface area contributed by atoms with Crippen molar-refractivity contribution in [3.8, 4) is 0 Å². The maximum atomic E-state index is 11.9. The fraction of sp³-hybridized carbons (Fsp3) is 0.906. The molecule has 0 aliphatic heterocycles. The van der Waals surface area contributed by atoms with Crippen molar-refractivity contribution in [2.24, 2.45) is 50.2 Å². The lowest BCUT2D eigenvalue weighted by molar-refractivity contribution is -0.211. The molecule has 5 rings (SSSR count). The Balaban J connectivity index is 1.53. The summed E-state index contributed by atoms with van der Waals surface area (Å²) in [6, 6.07) is 0. The fourth-order valence-corrected chi connectivity index (χ4v) is 10.9. The number of hydrogen-bond acceptors (Lipinski definition) is 2. The molecule has 2 nitrogen and oxygen atoms in total. The number of rotatable bonds is 1. The van der Waals surface area contributed by atoms with E-state index >= 15 is 0 Å². The van der Waals surface area contributed by atoms with Gasteiger partial charge in [-0.1, -0.05) is 67.0 Å². The normalized spacial score (nSPS) is 51.1. The van der Waals surface area contributed by atoms with Crippen LogP contribution >= 0.6 is 0 Å². The van der Waals surface area contributed by atoms with Gasteiger partial charge in [-0.05, 0) is 109 Å². The highest BCUT2D eigenvalue weighted by Gasteiger charge is 2.68. The molecule has 0 heterocycles. The van der Waals surface area contributed by atoms with E-state index in [4.69, 9.17) is 4.74 Å². The highest BCUT2D eigenvalue weighted by molar-refractivity contribution is 5.66. The Hall–Kier alpha value is -0.790. The zero-order valence-corrected chi connectivity index (χ0v) is 23.8. The average Bonchev–Trinajstić information content (AvgIpc) is 2.72. The van der Waals surface area contributed by atoms with Crippen LogP contribution in [0.3, 0.4) is 0 Å². The Labute approximate surface area is 210 Å². The molecular formula is C32H52O2. The first-order chi connectivity index (χ1) is 15.6. The monoisotopic (exact) mass is 468 g/mol. The van der Waals surface area contributed by atoms with Crippen LogP contribution in [0.4, 0.5) is 0 Å². The van der Waals surface area contributed by atoms with E-state index in [1.807, 2.05) is 5.57 Å². The Kier molecular flexibility index (Phi) is 5.40. The SMILES string of the molecule is CC(=O)O[C@@H]1CC[C@]2(C)[C@H](CC[C@]3(C)[C@@H]2CC=C2[C@H]4CC(C)(C)CC[C@]4(C)CC[C@@]23C)C1(C)C. The molecule has 0 bridgehead atoms. The Morgan fingerprint density at radius 3 is 2.21 bits per heavy atom. The van der Waals surface area contributed by atoms with Crippen LogP contribution < -0.4 is 0 Å². The molecular weight excluding hydrogens is 416 g/mol. The molecule has 0 saturated heterocycles. The Bertz CT molecular complexity index is 897. The predicted octanol–water partition coefficient (Wildman–Crippen LogP) is 8.74. The Morgan fingerprint density at radius 2 is 1.53 bits per heavy atom. The van der Waals surface area contributed by atoms with E-state index in [1.54, 1.807) is 6.92 Å². The topological polar surface area (TPSA) is 26.3 Å². The second-order valence-corrected chi connectivity index (χ2v) is 15.8. The van der Waals surface area contributed by atoms with Gasteiger partial charge in [0.2, 0.25) is 0 Å². The molecule has 4 saturated carbocycles. The zero-order chi connectivity index (χ0) is 24.9. The lowest BCUT2D eigenvalue weighted by Crippen LogP contribution is -2.64. The lowest BCUT2D eigenvalue weighted by Gasteiger charge is -2.71. The molecule has 2 heteroatoms. The fourth-order valence-electron chi connectivity index (χ4n) is 10.9. The van der Waals surface area contributed by atoms with Crippen LogP contribution in [0.2, 0.25) is 0 Å². The maximum absolute atomic E-state index is 11.9. The number of hydrogen-bond donors (Lipinski definition) is 0. The first-order valence-electron chi connectivity index (χ1n) is 14.5. The van der Waals surface area contributed by atoms with E-state index in [0.717, 1.165) is 18.3 Å². The number of carbonyl (C=O) groups excluding carboxylic acids is 1. The molecule has 0 unspecified atom stereocenters. The summed E-state index contributed by atoms with van der Waals surface area (Å²) in [6.45, 7) is 22.0. The first-order valence-corrected chi connectivity index (χ1v) is 14.5. The van der Waals surface area contributed by atoms with Gasteiger partial charge in [0.1, 0.15) is 6.10 Å². The van der Waals surface area contributed by atoms with Crippen LogP contribution in [0, 0.1) is 50.2 Å². The van der Waals surface area contributed by atoms with Crippen LogP contribution in [0.1, 0.15) is 127 Å². The minimum atomic E-state index is -0.110. The smallest absolute Gasteiger partial charge is 0.302 e. The minimum absolute atomic E-state index is 0.0451. The van der Waals surface area contributed by atoms with Crippen LogP contribution in [-0.4, -0.2) is 12.1 Å². The quantitative estimate of drug-likeness (QED) is 0.284. The van der Waals surface area contributed by atoms with E-state index in [1.165, 1.54) is 57.8 Å². The second kappa shape index (κ2) is 7.38. The third-order valence-electron chi connectivity index (χ3n) is 13.3. The molecule has 5 aliphatic carbocycles. The minimum Gasteiger partial charge on any atom is -0.462 e. The van der Waals surface area contributed by atoms with Crippen LogP contribution in [0.5, 0.6) is 0 Å². The highest BCUT2D eigenvalue weighted by atomic mass is 16.5. The molecule has 0 radical (unpaired) electrons. The number of ether oxygens (including phenoxy) is 1. The van der Waals surface area contributed by atoms with E-state index < -0.39 is 0 Å². The number of carbonyl (C=O) groups is 1. The number of allylic oxidation sites excluding steroid dienone is 2. The molecule has 0 aromatic rings. The largest absolute Gasteiger partial charge is 0.462 e. The molecule has 0 aromatic carbocycles. The molecule has 34 heavy (non-hydrogen) atoms. The summed E-state index contributed by atoms with van der Waals surface area (Å²) in [5.74, 6) is 2.01. The molecule has 192 valence electrons. The van der Waals surface area contributed by atoms with Crippen molar-refractivity contribution < 1.29 is 9.53 Å². The van der Waals surface area contributed by atoms with Gasteiger partial charge in [0, 0.05) is 12.3 Å².